The van der Waals surface area contributed by atoms with Crippen LogP contribution >= 0.6 is 0 Å². The number of anilines is 1. The lowest BCUT2D eigenvalue weighted by Crippen LogP contribution is -2.33. The van der Waals surface area contributed by atoms with Crippen LogP contribution < -0.4 is 4.90 Å². The van der Waals surface area contributed by atoms with Crippen molar-refractivity contribution in [1.29, 1.82) is 0 Å². The number of fused-ring (bicyclic) bond motifs is 1. The lowest BCUT2D eigenvalue weighted by atomic mass is 10.1. The van der Waals surface area contributed by atoms with Crippen molar-refractivity contribution in [2.75, 3.05) is 18.1 Å². The lowest BCUT2D eigenvalue weighted by molar-refractivity contribution is -0.147. The Morgan fingerprint density at radius 2 is 2.08 bits per heavy atom. The summed E-state index contributed by atoms with van der Waals surface area (Å²) in [5.41, 5.74) is 3.77. The first-order valence-electron chi connectivity index (χ1n) is 8.02. The first-order valence-corrected chi connectivity index (χ1v) is 8.02. The van der Waals surface area contributed by atoms with Crippen LogP contribution in [0.1, 0.15) is 29.0 Å². The standard InChI is InChI=1S/C18H20N2O4/c1-12-15(13(2)24-19-12)7-8-18(22)23-11-17(21)20-10-9-14-5-3-4-6-16(14)20/h3-6H,7-11H2,1-2H3. The molecule has 0 unspecified atom stereocenters. The van der Waals surface area contributed by atoms with E-state index in [1.165, 1.54) is 0 Å². The highest BCUT2D eigenvalue weighted by Crippen LogP contribution is 2.27. The fourth-order valence-electron chi connectivity index (χ4n) is 2.98. The van der Waals surface area contributed by atoms with E-state index >= 15 is 0 Å². The summed E-state index contributed by atoms with van der Waals surface area (Å²) in [6.45, 7) is 4.06. The molecule has 0 aliphatic carbocycles. The van der Waals surface area contributed by atoms with Gasteiger partial charge in [0.2, 0.25) is 0 Å². The Bertz CT molecular complexity index is 747. The molecular weight excluding hydrogens is 308 g/mol. The molecule has 3 rings (SSSR count). The average molecular weight is 328 g/mol. The Hall–Kier alpha value is -2.63. The van der Waals surface area contributed by atoms with Crippen LogP contribution in [0.5, 0.6) is 0 Å². The van der Waals surface area contributed by atoms with E-state index in [0.29, 0.717) is 18.7 Å². The molecule has 6 heteroatoms. The number of ether oxygens (including phenoxy) is 1. The lowest BCUT2D eigenvalue weighted by Gasteiger charge is -2.17. The number of amides is 1. The van der Waals surface area contributed by atoms with Gasteiger partial charge in [-0.25, -0.2) is 0 Å². The van der Waals surface area contributed by atoms with E-state index in [9.17, 15) is 9.59 Å². The molecular formula is C18H20N2O4. The van der Waals surface area contributed by atoms with E-state index in [4.69, 9.17) is 9.26 Å². The van der Waals surface area contributed by atoms with E-state index in [1.807, 2.05) is 38.1 Å². The Balaban J connectivity index is 1.49. The van der Waals surface area contributed by atoms with Crippen LogP contribution in [0.15, 0.2) is 28.8 Å². The smallest absolute Gasteiger partial charge is 0.306 e. The summed E-state index contributed by atoms with van der Waals surface area (Å²) < 4.78 is 10.2. The maximum atomic E-state index is 12.3. The Kier molecular flexibility index (Phi) is 4.64. The van der Waals surface area contributed by atoms with Crippen molar-refractivity contribution in [3.63, 3.8) is 0 Å². The molecule has 0 fully saturated rings. The van der Waals surface area contributed by atoms with Gasteiger partial charge in [-0.2, -0.15) is 0 Å². The predicted molar refractivity (Wildman–Crippen MR) is 87.8 cm³/mol. The van der Waals surface area contributed by atoms with Crippen molar-refractivity contribution in [2.45, 2.75) is 33.1 Å². The number of benzene rings is 1. The molecule has 0 radical (unpaired) electrons. The minimum atomic E-state index is -0.393. The Labute approximate surface area is 140 Å². The summed E-state index contributed by atoms with van der Waals surface area (Å²) in [4.78, 5) is 25.8. The molecule has 1 aromatic heterocycles. The minimum Gasteiger partial charge on any atom is -0.456 e. The minimum absolute atomic E-state index is 0.189. The molecule has 2 heterocycles. The largest absolute Gasteiger partial charge is 0.456 e. The van der Waals surface area contributed by atoms with Gasteiger partial charge < -0.3 is 14.2 Å². The number of carbonyl (C=O) groups is 2. The van der Waals surface area contributed by atoms with Crippen LogP contribution in [0.2, 0.25) is 0 Å². The van der Waals surface area contributed by atoms with Crippen molar-refractivity contribution < 1.29 is 18.8 Å². The zero-order valence-electron chi connectivity index (χ0n) is 13.9. The fraction of sp³-hybridized carbons (Fsp3) is 0.389. The number of carbonyl (C=O) groups excluding carboxylic acids is 2. The van der Waals surface area contributed by atoms with Crippen molar-refractivity contribution in [3.8, 4) is 0 Å². The summed E-state index contributed by atoms with van der Waals surface area (Å²) >= 11 is 0. The van der Waals surface area contributed by atoms with E-state index in [0.717, 1.165) is 28.9 Å². The van der Waals surface area contributed by atoms with Gasteiger partial charge in [0.15, 0.2) is 6.61 Å². The molecule has 2 aromatic rings. The summed E-state index contributed by atoms with van der Waals surface area (Å²) in [5.74, 6) is 0.131. The summed E-state index contributed by atoms with van der Waals surface area (Å²) in [6.07, 6.45) is 1.54. The van der Waals surface area contributed by atoms with Gasteiger partial charge in [-0.1, -0.05) is 23.4 Å². The number of aromatic nitrogens is 1. The van der Waals surface area contributed by atoms with E-state index < -0.39 is 5.97 Å². The van der Waals surface area contributed by atoms with Gasteiger partial charge in [-0.05, 0) is 38.3 Å². The molecule has 6 nitrogen and oxygen atoms in total. The van der Waals surface area contributed by atoms with Crippen molar-refractivity contribution in [3.05, 3.63) is 46.8 Å². The van der Waals surface area contributed by atoms with Gasteiger partial charge in [-0.15, -0.1) is 0 Å². The highest BCUT2D eigenvalue weighted by atomic mass is 16.5. The first-order chi connectivity index (χ1) is 11.6. The van der Waals surface area contributed by atoms with Gasteiger partial charge in [-0.3, -0.25) is 9.59 Å². The zero-order valence-corrected chi connectivity index (χ0v) is 13.9. The summed E-state index contributed by atoms with van der Waals surface area (Å²) in [5, 5.41) is 3.85. The SMILES string of the molecule is Cc1noc(C)c1CCC(=O)OCC(=O)N1CCc2ccccc21. The number of esters is 1. The van der Waals surface area contributed by atoms with Gasteiger partial charge in [0, 0.05) is 24.2 Å². The van der Waals surface area contributed by atoms with Gasteiger partial charge in [0.1, 0.15) is 5.76 Å². The average Bonchev–Trinajstić information content (AvgIpc) is 3.15. The molecule has 24 heavy (non-hydrogen) atoms. The third kappa shape index (κ3) is 3.32. The Morgan fingerprint density at radius 3 is 2.83 bits per heavy atom. The third-order valence-electron chi connectivity index (χ3n) is 4.31. The number of rotatable bonds is 5. The third-order valence-corrected chi connectivity index (χ3v) is 4.31. The monoisotopic (exact) mass is 328 g/mol. The van der Waals surface area contributed by atoms with Gasteiger partial charge in [0.25, 0.3) is 5.91 Å². The maximum absolute atomic E-state index is 12.3. The maximum Gasteiger partial charge on any atom is 0.306 e. The second-order valence-corrected chi connectivity index (χ2v) is 5.89. The molecule has 1 aliphatic heterocycles. The fourth-order valence-corrected chi connectivity index (χ4v) is 2.98. The summed E-state index contributed by atoms with van der Waals surface area (Å²) in [7, 11) is 0. The molecule has 0 saturated carbocycles. The second-order valence-electron chi connectivity index (χ2n) is 5.89. The van der Waals surface area contributed by atoms with Crippen molar-refractivity contribution >= 4 is 17.6 Å². The molecule has 126 valence electrons. The van der Waals surface area contributed by atoms with Gasteiger partial charge in [0.05, 0.1) is 5.69 Å². The van der Waals surface area contributed by atoms with Crippen molar-refractivity contribution in [2.24, 2.45) is 0 Å². The van der Waals surface area contributed by atoms with Crippen LogP contribution in [0.3, 0.4) is 0 Å². The molecule has 1 aliphatic rings. The molecule has 0 atom stereocenters. The zero-order chi connectivity index (χ0) is 17.1. The molecule has 1 amide bonds. The highest BCUT2D eigenvalue weighted by molar-refractivity contribution is 5.97. The van der Waals surface area contributed by atoms with Gasteiger partial charge >= 0.3 is 5.97 Å². The van der Waals surface area contributed by atoms with E-state index in [-0.39, 0.29) is 18.9 Å². The second kappa shape index (κ2) is 6.86. The van der Waals surface area contributed by atoms with Crippen LogP contribution in [-0.2, 0) is 27.2 Å². The topological polar surface area (TPSA) is 72.6 Å². The van der Waals surface area contributed by atoms with Crippen LogP contribution in [0.25, 0.3) is 0 Å². The number of para-hydroxylation sites is 1. The predicted octanol–water partition coefficient (Wildman–Crippen LogP) is 2.36. The number of nitrogens with zero attached hydrogens (tertiary/aromatic N) is 2. The Morgan fingerprint density at radius 1 is 1.29 bits per heavy atom. The van der Waals surface area contributed by atoms with Crippen LogP contribution in [0.4, 0.5) is 5.69 Å². The quantitative estimate of drug-likeness (QED) is 0.788. The number of hydrogen-bond donors (Lipinski definition) is 0. The van der Waals surface area contributed by atoms with Crippen LogP contribution in [-0.4, -0.2) is 30.2 Å². The normalized spacial score (nSPS) is 13.0. The van der Waals surface area contributed by atoms with E-state index in [1.54, 1.807) is 4.90 Å². The van der Waals surface area contributed by atoms with Crippen molar-refractivity contribution in [1.82, 2.24) is 5.16 Å². The molecule has 0 N–H and O–H groups in total. The molecule has 0 bridgehead atoms. The number of aryl methyl sites for hydroxylation is 2. The molecule has 0 saturated heterocycles. The van der Waals surface area contributed by atoms with E-state index in [2.05, 4.69) is 5.16 Å². The molecule has 1 aromatic carbocycles. The summed E-state index contributed by atoms with van der Waals surface area (Å²) in [6, 6.07) is 7.79. The number of hydrogen-bond acceptors (Lipinski definition) is 5. The van der Waals surface area contributed by atoms with Crippen LogP contribution in [0, 0.1) is 13.8 Å². The highest BCUT2D eigenvalue weighted by Gasteiger charge is 2.24. The molecule has 0 spiro atoms. The first kappa shape index (κ1) is 16.2.